The van der Waals surface area contributed by atoms with Gasteiger partial charge in [0.15, 0.2) is 0 Å². The summed E-state index contributed by atoms with van der Waals surface area (Å²) in [7, 11) is 0. The molecule has 3 aliphatic heterocycles. The van der Waals surface area contributed by atoms with Crippen LogP contribution in [-0.4, -0.2) is 18.4 Å². The summed E-state index contributed by atoms with van der Waals surface area (Å²) in [6.07, 6.45) is 8.12. The van der Waals surface area contributed by atoms with Gasteiger partial charge in [0.1, 0.15) is 6.61 Å². The Hall–Kier alpha value is -1.31. The summed E-state index contributed by atoms with van der Waals surface area (Å²) >= 11 is 0. The number of aliphatic imine (C=N–C) groups is 1. The smallest absolute Gasteiger partial charge is 0.114 e. The molecule has 1 atom stereocenters. The van der Waals surface area contributed by atoms with Crippen molar-refractivity contribution in [2.24, 2.45) is 4.99 Å². The number of rotatable bonds is 0. The number of fused-ring (bicyclic) bond motifs is 1. The van der Waals surface area contributed by atoms with Gasteiger partial charge in [-0.2, -0.15) is 0 Å². The number of allylic oxidation sites excluding steroid dienone is 2. The predicted molar refractivity (Wildman–Crippen MR) is 42.5 cm³/mol. The Kier molecular flexibility index (Phi) is 0.799. The van der Waals surface area contributed by atoms with Crippen LogP contribution in [0.25, 0.3) is 0 Å². The zero-order valence-corrected chi connectivity index (χ0v) is 5.95. The molecule has 0 saturated carbocycles. The first kappa shape index (κ1) is 5.35. The molecule has 0 saturated heterocycles. The zero-order chi connectivity index (χ0) is 7.26. The third-order valence-electron chi connectivity index (χ3n) is 2.15. The molecule has 3 aliphatic rings. The van der Waals surface area contributed by atoms with E-state index in [0.29, 0.717) is 12.6 Å². The van der Waals surface area contributed by atoms with Gasteiger partial charge in [-0.1, -0.05) is 12.2 Å². The first-order valence-corrected chi connectivity index (χ1v) is 3.73. The van der Waals surface area contributed by atoms with Crippen molar-refractivity contribution in [1.82, 2.24) is 0 Å². The van der Waals surface area contributed by atoms with Gasteiger partial charge in [0.25, 0.3) is 0 Å². The van der Waals surface area contributed by atoms with Gasteiger partial charge >= 0.3 is 0 Å². The van der Waals surface area contributed by atoms with Crippen LogP contribution in [0.4, 0.5) is 0 Å². The number of hydrogen-bond acceptors (Lipinski definition) is 2. The lowest BCUT2D eigenvalue weighted by Gasteiger charge is -2.14. The minimum absolute atomic E-state index is 0.291. The Labute approximate surface area is 64.6 Å². The summed E-state index contributed by atoms with van der Waals surface area (Å²) < 4.78 is 5.25. The van der Waals surface area contributed by atoms with Gasteiger partial charge in [0.05, 0.1) is 18.0 Å². The van der Waals surface area contributed by atoms with Crippen molar-refractivity contribution in [2.75, 3.05) is 6.61 Å². The molecule has 2 heteroatoms. The van der Waals surface area contributed by atoms with E-state index in [-0.39, 0.29) is 0 Å². The summed E-state index contributed by atoms with van der Waals surface area (Å²) in [6, 6.07) is 0.291. The highest BCUT2D eigenvalue weighted by atomic mass is 16.5. The molecule has 2 bridgehead atoms. The average molecular weight is 145 g/mol. The summed E-state index contributed by atoms with van der Waals surface area (Å²) in [5.41, 5.74) is 3.51. The van der Waals surface area contributed by atoms with Crippen LogP contribution >= 0.6 is 0 Å². The first-order valence-electron chi connectivity index (χ1n) is 3.73. The van der Waals surface area contributed by atoms with Gasteiger partial charge in [0.2, 0.25) is 0 Å². The van der Waals surface area contributed by atoms with E-state index in [1.54, 1.807) is 6.26 Å². The normalized spacial score (nSPS) is 30.5. The molecule has 0 N–H and O–H groups in total. The Morgan fingerprint density at radius 3 is 3.55 bits per heavy atom. The fourth-order valence-electron chi connectivity index (χ4n) is 1.63. The molecule has 3 rings (SSSR count). The second-order valence-corrected chi connectivity index (χ2v) is 2.90. The van der Waals surface area contributed by atoms with Crippen molar-refractivity contribution in [1.29, 1.82) is 0 Å². The summed E-state index contributed by atoms with van der Waals surface area (Å²) in [4.78, 5) is 4.47. The lowest BCUT2D eigenvalue weighted by atomic mass is 10.0. The predicted octanol–water partition coefficient (Wildman–Crippen LogP) is 1.22. The van der Waals surface area contributed by atoms with Crippen LogP contribution < -0.4 is 0 Å². The average Bonchev–Trinajstić information content (AvgIpc) is 2.42. The van der Waals surface area contributed by atoms with Crippen LogP contribution in [-0.2, 0) is 4.74 Å². The monoisotopic (exact) mass is 145 g/mol. The Morgan fingerprint density at radius 1 is 1.55 bits per heavy atom. The van der Waals surface area contributed by atoms with Gasteiger partial charge in [-0.05, 0) is 6.08 Å². The summed E-state index contributed by atoms with van der Waals surface area (Å²) in [5, 5.41) is 0. The number of hydrogen-bond donors (Lipinski definition) is 0. The maximum absolute atomic E-state index is 5.25. The molecule has 0 unspecified atom stereocenters. The highest BCUT2D eigenvalue weighted by molar-refractivity contribution is 6.17. The molecule has 0 spiro atoms. The van der Waals surface area contributed by atoms with Crippen LogP contribution in [0.15, 0.2) is 40.6 Å². The molecule has 3 heterocycles. The topological polar surface area (TPSA) is 21.6 Å². The second-order valence-electron chi connectivity index (χ2n) is 2.90. The lowest BCUT2D eigenvalue weighted by Crippen LogP contribution is -2.13. The zero-order valence-electron chi connectivity index (χ0n) is 5.95. The molecule has 0 fully saturated rings. The molecule has 0 amide bonds. The van der Waals surface area contributed by atoms with Crippen molar-refractivity contribution < 1.29 is 4.74 Å². The minimum atomic E-state index is 0.291. The largest absolute Gasteiger partial charge is 0.496 e. The van der Waals surface area contributed by atoms with Gasteiger partial charge in [-0.15, -0.1) is 0 Å². The van der Waals surface area contributed by atoms with Crippen LogP contribution in [0.3, 0.4) is 0 Å². The highest BCUT2D eigenvalue weighted by Crippen LogP contribution is 2.27. The summed E-state index contributed by atoms with van der Waals surface area (Å²) in [5.74, 6) is 0. The number of ether oxygens (including phenoxy) is 1. The maximum atomic E-state index is 5.25. The van der Waals surface area contributed by atoms with Gasteiger partial charge in [0, 0.05) is 11.1 Å². The Balaban J connectivity index is 2.26. The molecule has 0 aliphatic carbocycles. The van der Waals surface area contributed by atoms with Crippen molar-refractivity contribution in [3.05, 3.63) is 35.6 Å². The second kappa shape index (κ2) is 1.64. The molecule has 0 radical (unpaired) electrons. The van der Waals surface area contributed by atoms with E-state index in [9.17, 15) is 0 Å². The van der Waals surface area contributed by atoms with Crippen molar-refractivity contribution in [3.63, 3.8) is 0 Å². The maximum Gasteiger partial charge on any atom is 0.114 e. The fraction of sp³-hybridized carbons (Fsp3) is 0.222. The van der Waals surface area contributed by atoms with Crippen molar-refractivity contribution in [2.45, 2.75) is 6.04 Å². The van der Waals surface area contributed by atoms with Crippen molar-refractivity contribution in [3.8, 4) is 0 Å². The first-order chi connectivity index (χ1) is 5.43. The van der Waals surface area contributed by atoms with E-state index >= 15 is 0 Å². The third kappa shape index (κ3) is 0.589. The molecular formula is C9H7NO. The van der Waals surface area contributed by atoms with E-state index in [4.69, 9.17) is 4.74 Å². The Bertz CT molecular complexity index is 333. The van der Waals surface area contributed by atoms with E-state index < -0.39 is 0 Å². The van der Waals surface area contributed by atoms with E-state index in [1.807, 2.05) is 0 Å². The van der Waals surface area contributed by atoms with E-state index in [1.165, 1.54) is 5.57 Å². The molecule has 0 aromatic carbocycles. The third-order valence-corrected chi connectivity index (χ3v) is 2.15. The number of nitrogens with zero attached hydrogens (tertiary/aromatic N) is 1. The van der Waals surface area contributed by atoms with Gasteiger partial charge < -0.3 is 4.74 Å². The molecule has 2 nitrogen and oxygen atoms in total. The highest BCUT2D eigenvalue weighted by Gasteiger charge is 2.26. The molecule has 11 heavy (non-hydrogen) atoms. The number of dihydropyridines is 1. The van der Waals surface area contributed by atoms with Crippen molar-refractivity contribution >= 4 is 5.71 Å². The quantitative estimate of drug-likeness (QED) is 0.502. The summed E-state index contributed by atoms with van der Waals surface area (Å²) in [6.45, 7) is 0.695. The SMILES string of the molecule is C1=C[C@@H]2C=C3COC=C1C3=N2. The van der Waals surface area contributed by atoms with Crippen LogP contribution in [0.2, 0.25) is 0 Å². The van der Waals surface area contributed by atoms with Gasteiger partial charge in [-0.25, -0.2) is 0 Å². The molecule has 54 valence electrons. The van der Waals surface area contributed by atoms with Crippen LogP contribution in [0.5, 0.6) is 0 Å². The standard InChI is InChI=1S/C9H7NO/c1-2-8-3-7-5-11-4-6(1)9(7)10-8/h1-4,8H,5H2/t8-/m1/s1. The van der Waals surface area contributed by atoms with Crippen LogP contribution in [0, 0.1) is 0 Å². The molecule has 0 aromatic rings. The van der Waals surface area contributed by atoms with E-state index in [0.717, 1.165) is 11.3 Å². The lowest BCUT2D eigenvalue weighted by molar-refractivity contribution is 0.279. The van der Waals surface area contributed by atoms with E-state index in [2.05, 4.69) is 23.2 Å². The van der Waals surface area contributed by atoms with Crippen LogP contribution in [0.1, 0.15) is 0 Å². The fourth-order valence-corrected chi connectivity index (χ4v) is 1.63. The minimum Gasteiger partial charge on any atom is -0.496 e. The molecular weight excluding hydrogens is 138 g/mol. The Morgan fingerprint density at radius 2 is 2.55 bits per heavy atom. The molecule has 0 aromatic heterocycles. The van der Waals surface area contributed by atoms with Gasteiger partial charge in [-0.3, -0.25) is 4.99 Å².